The molecule has 0 aliphatic carbocycles. The van der Waals surface area contributed by atoms with Crippen molar-refractivity contribution in [1.29, 1.82) is 0 Å². The van der Waals surface area contributed by atoms with Crippen molar-refractivity contribution in [2.45, 2.75) is 30.6 Å². The zero-order chi connectivity index (χ0) is 21.9. The Morgan fingerprint density at radius 1 is 1.27 bits per heavy atom. The maximum Gasteiger partial charge on any atom is 0.243 e. The number of carbonyl (C=O) groups excluding carboxylic acids is 1. The summed E-state index contributed by atoms with van der Waals surface area (Å²) in [7, 11) is -3.79. The molecule has 2 aromatic heterocycles. The van der Waals surface area contributed by atoms with Crippen LogP contribution in [-0.4, -0.2) is 24.5 Å². The molecule has 0 unspecified atom stereocenters. The lowest BCUT2D eigenvalue weighted by Crippen LogP contribution is -2.18. The Bertz CT molecular complexity index is 1170. The van der Waals surface area contributed by atoms with Crippen LogP contribution >= 0.6 is 34.5 Å². The molecule has 3 aromatic rings. The Hall–Kier alpha value is -1.95. The van der Waals surface area contributed by atoms with Crippen LogP contribution in [0.15, 0.2) is 39.0 Å². The third-order valence-corrected chi connectivity index (χ3v) is 6.86. The first kappa shape index (κ1) is 22.7. The Morgan fingerprint density at radius 3 is 2.67 bits per heavy atom. The zero-order valence-electron chi connectivity index (χ0n) is 15.4. The van der Waals surface area contributed by atoms with Gasteiger partial charge in [0, 0.05) is 35.1 Å². The molecule has 160 valence electrons. The fourth-order valence-corrected chi connectivity index (χ4v) is 4.82. The van der Waals surface area contributed by atoms with Gasteiger partial charge in [-0.1, -0.05) is 23.2 Å². The SMILES string of the molecule is NS(=O)(=O)c1csc(Cc2nc(CCCC(=O)NO)oc2-c2ccc(Cl)c(Cl)c2)c1. The van der Waals surface area contributed by atoms with E-state index < -0.39 is 15.9 Å². The molecule has 2 heterocycles. The van der Waals surface area contributed by atoms with Gasteiger partial charge in [0.05, 0.1) is 20.6 Å². The van der Waals surface area contributed by atoms with Gasteiger partial charge in [-0.15, -0.1) is 11.3 Å². The van der Waals surface area contributed by atoms with Crippen molar-refractivity contribution in [2.24, 2.45) is 5.14 Å². The first-order valence-electron chi connectivity index (χ1n) is 8.64. The van der Waals surface area contributed by atoms with Crippen LogP contribution in [0.3, 0.4) is 0 Å². The second-order valence-electron chi connectivity index (χ2n) is 6.37. The Kier molecular flexibility index (Phi) is 7.17. The summed E-state index contributed by atoms with van der Waals surface area (Å²) in [4.78, 5) is 16.5. The van der Waals surface area contributed by atoms with E-state index in [2.05, 4.69) is 4.98 Å². The van der Waals surface area contributed by atoms with E-state index in [0.29, 0.717) is 52.2 Å². The molecule has 0 spiro atoms. The van der Waals surface area contributed by atoms with Gasteiger partial charge < -0.3 is 4.42 Å². The second-order valence-corrected chi connectivity index (χ2v) is 9.74. The lowest BCUT2D eigenvalue weighted by Gasteiger charge is -2.02. The molecule has 0 bridgehead atoms. The molecule has 8 nitrogen and oxygen atoms in total. The summed E-state index contributed by atoms with van der Waals surface area (Å²) in [6, 6.07) is 6.53. The number of thiophene rings is 1. The van der Waals surface area contributed by atoms with Crippen molar-refractivity contribution in [1.82, 2.24) is 10.5 Å². The number of hydroxylamine groups is 1. The van der Waals surface area contributed by atoms with E-state index in [1.165, 1.54) is 22.8 Å². The minimum Gasteiger partial charge on any atom is -0.440 e. The van der Waals surface area contributed by atoms with E-state index in [9.17, 15) is 13.2 Å². The standard InChI is InChI=1S/C18H17Cl2N3O5S2/c19-13-5-4-10(6-14(13)20)18-15(8-11-7-12(9-29-11)30(21,26)27)22-17(28-18)3-1-2-16(24)23-25/h4-7,9,25H,1-3,8H2,(H,23,24)(H2,21,26,27). The van der Waals surface area contributed by atoms with Crippen molar-refractivity contribution >= 4 is 50.5 Å². The van der Waals surface area contributed by atoms with Gasteiger partial charge in [0.1, 0.15) is 0 Å². The molecule has 0 saturated heterocycles. The average molecular weight is 490 g/mol. The van der Waals surface area contributed by atoms with Gasteiger partial charge in [-0.2, -0.15) is 0 Å². The van der Waals surface area contributed by atoms with E-state index >= 15 is 0 Å². The van der Waals surface area contributed by atoms with Gasteiger partial charge in [0.25, 0.3) is 0 Å². The Morgan fingerprint density at radius 2 is 2.03 bits per heavy atom. The van der Waals surface area contributed by atoms with E-state index in [1.54, 1.807) is 23.7 Å². The minimum atomic E-state index is -3.79. The molecular formula is C18H17Cl2N3O5S2. The van der Waals surface area contributed by atoms with Crippen LogP contribution in [0.2, 0.25) is 10.0 Å². The molecule has 1 amide bonds. The number of nitrogens with two attached hydrogens (primary N) is 1. The number of primary sulfonamides is 1. The van der Waals surface area contributed by atoms with Crippen LogP contribution in [0.1, 0.15) is 29.3 Å². The number of amides is 1. The highest BCUT2D eigenvalue weighted by Crippen LogP contribution is 2.33. The number of nitrogens with zero attached hydrogens (tertiary/aromatic N) is 1. The van der Waals surface area contributed by atoms with E-state index in [1.807, 2.05) is 0 Å². The zero-order valence-corrected chi connectivity index (χ0v) is 18.5. The van der Waals surface area contributed by atoms with Crippen molar-refractivity contribution in [3.05, 3.63) is 56.2 Å². The molecular weight excluding hydrogens is 473 g/mol. The van der Waals surface area contributed by atoms with Crippen LogP contribution < -0.4 is 10.6 Å². The number of hydrogen-bond acceptors (Lipinski definition) is 7. The monoisotopic (exact) mass is 489 g/mol. The number of hydrogen-bond donors (Lipinski definition) is 3. The molecule has 0 saturated carbocycles. The number of aryl methyl sites for hydroxylation is 1. The summed E-state index contributed by atoms with van der Waals surface area (Å²) in [5.74, 6) is 0.376. The lowest BCUT2D eigenvalue weighted by atomic mass is 10.1. The van der Waals surface area contributed by atoms with Gasteiger partial charge in [0.2, 0.25) is 15.9 Å². The molecule has 12 heteroatoms. The van der Waals surface area contributed by atoms with Crippen molar-refractivity contribution in [2.75, 3.05) is 0 Å². The van der Waals surface area contributed by atoms with Gasteiger partial charge in [-0.05, 0) is 30.7 Å². The van der Waals surface area contributed by atoms with Gasteiger partial charge >= 0.3 is 0 Å². The molecule has 4 N–H and O–H groups in total. The number of sulfonamides is 1. The summed E-state index contributed by atoms with van der Waals surface area (Å²) in [6.07, 6.45) is 1.21. The molecule has 0 aliphatic rings. The van der Waals surface area contributed by atoms with Crippen LogP contribution in [0.25, 0.3) is 11.3 Å². The molecule has 0 fully saturated rings. The fraction of sp³-hybridized carbons (Fsp3) is 0.222. The number of aromatic nitrogens is 1. The maximum atomic E-state index is 11.5. The van der Waals surface area contributed by atoms with E-state index in [0.717, 1.165) is 4.88 Å². The lowest BCUT2D eigenvalue weighted by molar-refractivity contribution is -0.129. The van der Waals surface area contributed by atoms with Crippen molar-refractivity contribution in [3.8, 4) is 11.3 Å². The van der Waals surface area contributed by atoms with Gasteiger partial charge in [-0.25, -0.2) is 24.0 Å². The highest BCUT2D eigenvalue weighted by molar-refractivity contribution is 7.89. The highest BCUT2D eigenvalue weighted by atomic mass is 35.5. The number of halogens is 2. The normalized spacial score (nSPS) is 11.6. The molecule has 1 aromatic carbocycles. The Balaban J connectivity index is 1.91. The Labute approximate surface area is 186 Å². The number of benzene rings is 1. The van der Waals surface area contributed by atoms with Gasteiger partial charge in [0.15, 0.2) is 11.7 Å². The second kappa shape index (κ2) is 9.46. The summed E-state index contributed by atoms with van der Waals surface area (Å²) in [5.41, 5.74) is 2.82. The summed E-state index contributed by atoms with van der Waals surface area (Å²) < 4.78 is 29.0. The quantitative estimate of drug-likeness (QED) is 0.325. The molecule has 3 rings (SSSR count). The number of nitrogens with one attached hydrogen (secondary N) is 1. The molecule has 0 atom stereocenters. The average Bonchev–Trinajstić information content (AvgIpc) is 3.31. The first-order valence-corrected chi connectivity index (χ1v) is 11.8. The number of oxazole rings is 1. The van der Waals surface area contributed by atoms with Crippen LogP contribution in [0.5, 0.6) is 0 Å². The molecule has 0 radical (unpaired) electrons. The van der Waals surface area contributed by atoms with Crippen LogP contribution in [0, 0.1) is 0 Å². The van der Waals surface area contributed by atoms with Gasteiger partial charge in [-0.3, -0.25) is 10.0 Å². The number of rotatable bonds is 8. The van der Waals surface area contributed by atoms with Crippen LogP contribution in [0.4, 0.5) is 0 Å². The first-order chi connectivity index (χ1) is 14.2. The maximum absolute atomic E-state index is 11.5. The predicted octanol–water partition coefficient (Wildman–Crippen LogP) is 3.78. The summed E-state index contributed by atoms with van der Waals surface area (Å²) in [5, 5.41) is 16.0. The smallest absolute Gasteiger partial charge is 0.243 e. The minimum absolute atomic E-state index is 0.0392. The highest BCUT2D eigenvalue weighted by Gasteiger charge is 2.19. The van der Waals surface area contributed by atoms with E-state index in [-0.39, 0.29) is 11.3 Å². The summed E-state index contributed by atoms with van der Waals surface area (Å²) in [6.45, 7) is 0. The third kappa shape index (κ3) is 5.60. The predicted molar refractivity (Wildman–Crippen MR) is 113 cm³/mol. The topological polar surface area (TPSA) is 136 Å². The summed E-state index contributed by atoms with van der Waals surface area (Å²) >= 11 is 13.4. The largest absolute Gasteiger partial charge is 0.440 e. The van der Waals surface area contributed by atoms with Crippen molar-refractivity contribution in [3.63, 3.8) is 0 Å². The fourth-order valence-electron chi connectivity index (χ4n) is 2.71. The third-order valence-electron chi connectivity index (χ3n) is 4.14. The van der Waals surface area contributed by atoms with E-state index in [4.69, 9.17) is 38.0 Å². The van der Waals surface area contributed by atoms with Crippen molar-refractivity contribution < 1.29 is 22.8 Å². The van der Waals surface area contributed by atoms with Crippen LogP contribution in [-0.2, 0) is 27.7 Å². The molecule has 0 aliphatic heterocycles. The molecule has 30 heavy (non-hydrogen) atoms. The number of carbonyl (C=O) groups is 1.